The van der Waals surface area contributed by atoms with Gasteiger partial charge >= 0.3 is 0 Å². The van der Waals surface area contributed by atoms with Crippen molar-refractivity contribution in [2.24, 2.45) is 5.84 Å². The maximum Gasteiger partial charge on any atom is 0.137 e. The highest BCUT2D eigenvalue weighted by atomic mass is 19.1. The Labute approximate surface area is 109 Å². The molecule has 0 spiro atoms. The first-order chi connectivity index (χ1) is 9.13. The summed E-state index contributed by atoms with van der Waals surface area (Å²) in [4.78, 5) is 3.99. The summed E-state index contributed by atoms with van der Waals surface area (Å²) in [6.45, 7) is 0. The predicted molar refractivity (Wildman–Crippen MR) is 66.3 cm³/mol. The lowest BCUT2D eigenvalue weighted by Gasteiger charge is -2.17. The molecule has 6 heteroatoms. The highest BCUT2D eigenvalue weighted by Crippen LogP contribution is 2.24. The number of aromatic nitrogens is 1. The van der Waals surface area contributed by atoms with Crippen molar-refractivity contribution < 1.29 is 13.5 Å². The average molecular weight is 265 g/mol. The number of hydrazine groups is 1. The number of hydrogen-bond donors (Lipinski definition) is 2. The normalized spacial score (nSPS) is 12.2. The van der Waals surface area contributed by atoms with Crippen molar-refractivity contribution in [2.75, 3.05) is 7.11 Å². The Kier molecular flexibility index (Phi) is 4.03. The minimum atomic E-state index is -0.661. The van der Waals surface area contributed by atoms with Crippen molar-refractivity contribution in [3.8, 4) is 5.75 Å². The molecule has 0 radical (unpaired) electrons. The van der Waals surface area contributed by atoms with Gasteiger partial charge in [0.2, 0.25) is 0 Å². The number of nitrogens with one attached hydrogen (secondary N) is 1. The molecule has 0 aliphatic heterocycles. The van der Waals surface area contributed by atoms with Gasteiger partial charge in [0, 0.05) is 12.3 Å². The second-order valence-corrected chi connectivity index (χ2v) is 3.96. The van der Waals surface area contributed by atoms with Crippen LogP contribution >= 0.6 is 0 Å². The van der Waals surface area contributed by atoms with E-state index >= 15 is 0 Å². The monoisotopic (exact) mass is 265 g/mol. The largest absolute Gasteiger partial charge is 0.495 e. The first-order valence-electron chi connectivity index (χ1n) is 5.55. The van der Waals surface area contributed by atoms with E-state index in [2.05, 4.69) is 10.4 Å². The molecule has 19 heavy (non-hydrogen) atoms. The van der Waals surface area contributed by atoms with E-state index in [0.717, 1.165) is 6.07 Å². The van der Waals surface area contributed by atoms with E-state index in [-0.39, 0.29) is 0 Å². The van der Waals surface area contributed by atoms with Crippen LogP contribution in [0.3, 0.4) is 0 Å². The summed E-state index contributed by atoms with van der Waals surface area (Å²) in [5, 5.41) is 0. The van der Waals surface area contributed by atoms with Crippen molar-refractivity contribution >= 4 is 0 Å². The Morgan fingerprint density at radius 2 is 1.79 bits per heavy atom. The van der Waals surface area contributed by atoms with Crippen molar-refractivity contribution in [3.63, 3.8) is 0 Å². The number of benzene rings is 1. The lowest BCUT2D eigenvalue weighted by Crippen LogP contribution is -2.29. The van der Waals surface area contributed by atoms with Gasteiger partial charge in [-0.1, -0.05) is 0 Å². The van der Waals surface area contributed by atoms with Crippen molar-refractivity contribution in [3.05, 3.63) is 59.4 Å². The smallest absolute Gasteiger partial charge is 0.137 e. The third kappa shape index (κ3) is 3.04. The van der Waals surface area contributed by atoms with Crippen molar-refractivity contribution in [2.45, 2.75) is 6.04 Å². The molecule has 100 valence electrons. The number of methoxy groups -OCH3 is 1. The number of halogens is 2. The number of rotatable bonds is 4. The molecule has 0 saturated heterocycles. The molecule has 1 unspecified atom stereocenters. The number of nitrogens with two attached hydrogens (primary N) is 1. The molecule has 0 saturated carbocycles. The summed E-state index contributed by atoms with van der Waals surface area (Å²) < 4.78 is 31.5. The predicted octanol–water partition coefficient (Wildman–Crippen LogP) is 1.92. The lowest BCUT2D eigenvalue weighted by atomic mass is 10.0. The van der Waals surface area contributed by atoms with Gasteiger partial charge in [0.05, 0.1) is 19.3 Å². The van der Waals surface area contributed by atoms with Gasteiger partial charge in [-0.15, -0.1) is 0 Å². The SMILES string of the molecule is COc1cncc(C(NN)c2cc(F)cc(F)c2)c1. The second-order valence-electron chi connectivity index (χ2n) is 3.96. The van der Waals surface area contributed by atoms with Crippen LogP contribution in [0.15, 0.2) is 36.7 Å². The Balaban J connectivity index is 2.43. The van der Waals surface area contributed by atoms with E-state index in [4.69, 9.17) is 10.6 Å². The van der Waals surface area contributed by atoms with Gasteiger partial charge in [-0.25, -0.2) is 14.2 Å². The fourth-order valence-electron chi connectivity index (χ4n) is 1.83. The average Bonchev–Trinajstić information content (AvgIpc) is 2.39. The number of pyridine rings is 1. The van der Waals surface area contributed by atoms with Gasteiger partial charge in [-0.2, -0.15) is 0 Å². The molecule has 0 bridgehead atoms. The van der Waals surface area contributed by atoms with Crippen molar-refractivity contribution in [1.82, 2.24) is 10.4 Å². The number of ether oxygens (including phenoxy) is 1. The van der Waals surface area contributed by atoms with E-state index in [1.807, 2.05) is 0 Å². The highest BCUT2D eigenvalue weighted by Gasteiger charge is 2.15. The summed E-state index contributed by atoms with van der Waals surface area (Å²) in [6, 6.07) is 4.36. The van der Waals surface area contributed by atoms with Crippen LogP contribution in [0, 0.1) is 11.6 Å². The molecule has 0 aliphatic rings. The molecule has 1 atom stereocenters. The molecule has 1 heterocycles. The quantitative estimate of drug-likeness (QED) is 0.655. The zero-order chi connectivity index (χ0) is 13.8. The van der Waals surface area contributed by atoms with Crippen LogP contribution in [-0.2, 0) is 0 Å². The van der Waals surface area contributed by atoms with E-state index in [9.17, 15) is 8.78 Å². The molecule has 1 aromatic heterocycles. The van der Waals surface area contributed by atoms with Crippen LogP contribution in [0.2, 0.25) is 0 Å². The minimum Gasteiger partial charge on any atom is -0.495 e. The molecular formula is C13H13F2N3O. The molecule has 0 amide bonds. The topological polar surface area (TPSA) is 60.2 Å². The van der Waals surface area contributed by atoms with Gasteiger partial charge < -0.3 is 4.74 Å². The third-order valence-corrected chi connectivity index (χ3v) is 2.69. The molecule has 0 aliphatic carbocycles. The van der Waals surface area contributed by atoms with Gasteiger partial charge in [0.1, 0.15) is 17.4 Å². The van der Waals surface area contributed by atoms with Crippen molar-refractivity contribution in [1.29, 1.82) is 0 Å². The van der Waals surface area contributed by atoms with E-state index in [1.54, 1.807) is 12.3 Å². The molecule has 1 aromatic carbocycles. The van der Waals surface area contributed by atoms with E-state index in [1.165, 1.54) is 25.4 Å². The van der Waals surface area contributed by atoms with Gasteiger partial charge in [-0.05, 0) is 29.3 Å². The molecule has 0 fully saturated rings. The van der Waals surface area contributed by atoms with E-state index < -0.39 is 17.7 Å². The second kappa shape index (κ2) is 5.73. The summed E-state index contributed by atoms with van der Waals surface area (Å²) >= 11 is 0. The first-order valence-corrected chi connectivity index (χ1v) is 5.55. The molecule has 2 aromatic rings. The Hall–Kier alpha value is -2.05. The summed E-state index contributed by atoms with van der Waals surface area (Å²) in [5.74, 6) is 4.68. The van der Waals surface area contributed by atoms with Crippen LogP contribution in [0.25, 0.3) is 0 Å². The number of nitrogens with zero attached hydrogens (tertiary/aromatic N) is 1. The zero-order valence-electron chi connectivity index (χ0n) is 10.2. The fourth-order valence-corrected chi connectivity index (χ4v) is 1.83. The maximum atomic E-state index is 13.2. The highest BCUT2D eigenvalue weighted by molar-refractivity contribution is 5.34. The summed E-state index contributed by atoms with van der Waals surface area (Å²) in [5.41, 5.74) is 3.53. The Morgan fingerprint density at radius 1 is 1.11 bits per heavy atom. The van der Waals surface area contributed by atoms with Gasteiger partial charge in [-0.3, -0.25) is 10.8 Å². The Bertz CT molecular complexity index is 557. The van der Waals surface area contributed by atoms with Crippen LogP contribution < -0.4 is 16.0 Å². The molecule has 2 rings (SSSR count). The number of hydrogen-bond acceptors (Lipinski definition) is 4. The summed E-state index contributed by atoms with van der Waals surface area (Å²) in [6.07, 6.45) is 3.08. The zero-order valence-corrected chi connectivity index (χ0v) is 10.2. The Morgan fingerprint density at radius 3 is 2.37 bits per heavy atom. The fraction of sp³-hybridized carbons (Fsp3) is 0.154. The van der Waals surface area contributed by atoms with Crippen LogP contribution in [-0.4, -0.2) is 12.1 Å². The maximum absolute atomic E-state index is 13.2. The van der Waals surface area contributed by atoms with E-state index in [0.29, 0.717) is 16.9 Å². The molecule has 3 N–H and O–H groups in total. The van der Waals surface area contributed by atoms with Gasteiger partial charge in [0.15, 0.2) is 0 Å². The minimum absolute atomic E-state index is 0.370. The van der Waals surface area contributed by atoms with Crippen LogP contribution in [0.1, 0.15) is 17.2 Å². The lowest BCUT2D eigenvalue weighted by molar-refractivity contribution is 0.411. The first kappa shape index (κ1) is 13.4. The summed E-state index contributed by atoms with van der Waals surface area (Å²) in [7, 11) is 1.51. The van der Waals surface area contributed by atoms with Crippen LogP contribution in [0.5, 0.6) is 5.75 Å². The van der Waals surface area contributed by atoms with Crippen LogP contribution in [0.4, 0.5) is 8.78 Å². The van der Waals surface area contributed by atoms with Gasteiger partial charge in [0.25, 0.3) is 0 Å². The molecular weight excluding hydrogens is 252 g/mol. The third-order valence-electron chi connectivity index (χ3n) is 2.69. The molecule has 4 nitrogen and oxygen atoms in total. The standard InChI is InChI=1S/C13H13F2N3O/c1-19-12-4-9(6-17-7-12)13(18-16)8-2-10(14)5-11(15)3-8/h2-7,13,18H,16H2,1H3.